The van der Waals surface area contributed by atoms with Gasteiger partial charge in [-0.05, 0) is 45.9 Å². The lowest BCUT2D eigenvalue weighted by molar-refractivity contribution is 0.671. The Morgan fingerprint density at radius 2 is 1.06 bits per heavy atom. The Kier molecular flexibility index (Phi) is 3.68. The molecule has 0 bridgehead atoms. The zero-order valence-electron chi connectivity index (χ0n) is 17.5. The highest BCUT2D eigenvalue weighted by Crippen LogP contribution is 2.42. The van der Waals surface area contributed by atoms with Crippen molar-refractivity contribution in [2.45, 2.75) is 6.42 Å². The van der Waals surface area contributed by atoms with Gasteiger partial charge in [0.2, 0.25) is 0 Å². The van der Waals surface area contributed by atoms with E-state index < -0.39 is 0 Å². The fourth-order valence-corrected chi connectivity index (χ4v) is 5.18. The summed E-state index contributed by atoms with van der Waals surface area (Å²) >= 11 is 0. The third-order valence-corrected chi connectivity index (χ3v) is 6.72. The Hall–Kier alpha value is -4.10. The molecule has 1 heteroatoms. The van der Waals surface area contributed by atoms with Crippen molar-refractivity contribution in [2.24, 2.45) is 0 Å². The predicted octanol–water partition coefficient (Wildman–Crippen LogP) is 8.49. The summed E-state index contributed by atoms with van der Waals surface area (Å²) in [5, 5.41) is 2.32. The number of benzene rings is 5. The van der Waals surface area contributed by atoms with Crippen LogP contribution in [-0.2, 0) is 6.42 Å². The van der Waals surface area contributed by atoms with Crippen LogP contribution in [0.5, 0.6) is 0 Å². The number of para-hydroxylation sites is 2. The average Bonchev–Trinajstić information content (AvgIpc) is 3.42. The fourth-order valence-electron chi connectivity index (χ4n) is 5.18. The molecular formula is C31H20O. The van der Waals surface area contributed by atoms with Crippen LogP contribution in [0.1, 0.15) is 11.1 Å². The molecule has 0 fully saturated rings. The number of rotatable bonds is 2. The van der Waals surface area contributed by atoms with Gasteiger partial charge in [0, 0.05) is 21.9 Å². The molecule has 5 aromatic carbocycles. The average molecular weight is 409 g/mol. The van der Waals surface area contributed by atoms with Crippen molar-refractivity contribution in [1.82, 2.24) is 0 Å². The molecule has 0 amide bonds. The summed E-state index contributed by atoms with van der Waals surface area (Å²) in [4.78, 5) is 0. The van der Waals surface area contributed by atoms with Gasteiger partial charge in [-0.15, -0.1) is 0 Å². The van der Waals surface area contributed by atoms with Crippen LogP contribution < -0.4 is 0 Å². The van der Waals surface area contributed by atoms with Gasteiger partial charge in [0.25, 0.3) is 0 Å². The number of furan rings is 1. The molecule has 1 aliphatic carbocycles. The Balaban J connectivity index is 1.46. The van der Waals surface area contributed by atoms with Gasteiger partial charge in [-0.2, -0.15) is 0 Å². The summed E-state index contributed by atoms with van der Waals surface area (Å²) in [6.45, 7) is 0. The molecule has 0 N–H and O–H groups in total. The monoisotopic (exact) mass is 408 g/mol. The largest absolute Gasteiger partial charge is 0.455 e. The molecule has 1 heterocycles. The Morgan fingerprint density at radius 3 is 1.84 bits per heavy atom. The molecule has 6 aromatic rings. The normalized spacial score (nSPS) is 12.2. The summed E-state index contributed by atoms with van der Waals surface area (Å²) in [6.07, 6.45) is 1.01. The van der Waals surface area contributed by atoms with Crippen LogP contribution in [-0.4, -0.2) is 0 Å². The van der Waals surface area contributed by atoms with E-state index in [1.807, 2.05) is 6.07 Å². The second-order valence-electron chi connectivity index (χ2n) is 8.54. The molecule has 32 heavy (non-hydrogen) atoms. The van der Waals surface area contributed by atoms with Crippen LogP contribution in [0.3, 0.4) is 0 Å². The molecule has 0 spiro atoms. The van der Waals surface area contributed by atoms with Crippen molar-refractivity contribution in [1.29, 1.82) is 0 Å². The van der Waals surface area contributed by atoms with Gasteiger partial charge in [0.1, 0.15) is 11.2 Å². The Bertz CT molecular complexity index is 1640. The van der Waals surface area contributed by atoms with Gasteiger partial charge in [-0.1, -0.05) is 103 Å². The van der Waals surface area contributed by atoms with Gasteiger partial charge in [0.05, 0.1) is 0 Å². The first-order valence-electron chi connectivity index (χ1n) is 11.1. The summed E-state index contributed by atoms with van der Waals surface area (Å²) in [6, 6.07) is 39.0. The first-order valence-corrected chi connectivity index (χ1v) is 11.1. The molecule has 1 aromatic heterocycles. The molecule has 0 atom stereocenters. The molecule has 0 saturated carbocycles. The topological polar surface area (TPSA) is 13.1 Å². The molecule has 0 aliphatic heterocycles. The van der Waals surface area contributed by atoms with Crippen LogP contribution in [0, 0.1) is 0 Å². The number of fused-ring (bicyclic) bond motifs is 6. The van der Waals surface area contributed by atoms with Gasteiger partial charge in [-0.25, -0.2) is 0 Å². The number of hydrogen-bond acceptors (Lipinski definition) is 1. The van der Waals surface area contributed by atoms with Crippen LogP contribution in [0.4, 0.5) is 0 Å². The lowest BCUT2D eigenvalue weighted by Crippen LogP contribution is -1.83. The maximum Gasteiger partial charge on any atom is 0.143 e. The molecule has 1 aliphatic rings. The quantitative estimate of drug-likeness (QED) is 0.279. The molecule has 7 rings (SSSR count). The minimum absolute atomic E-state index is 0.952. The van der Waals surface area contributed by atoms with Crippen molar-refractivity contribution in [3.63, 3.8) is 0 Å². The predicted molar refractivity (Wildman–Crippen MR) is 133 cm³/mol. The van der Waals surface area contributed by atoms with Gasteiger partial charge in [-0.3, -0.25) is 0 Å². The highest BCUT2D eigenvalue weighted by molar-refractivity contribution is 6.13. The summed E-state index contributed by atoms with van der Waals surface area (Å²) in [7, 11) is 0. The molecule has 1 nitrogen and oxygen atoms in total. The zero-order valence-corrected chi connectivity index (χ0v) is 17.5. The second-order valence-corrected chi connectivity index (χ2v) is 8.54. The zero-order chi connectivity index (χ0) is 21.1. The third kappa shape index (κ3) is 2.52. The van der Waals surface area contributed by atoms with Crippen LogP contribution in [0.2, 0.25) is 0 Å². The minimum Gasteiger partial charge on any atom is -0.455 e. The lowest BCUT2D eigenvalue weighted by Gasteiger charge is -2.07. The summed E-state index contributed by atoms with van der Waals surface area (Å²) in [5.41, 5.74) is 12.1. The Labute approximate surface area is 186 Å². The van der Waals surface area contributed by atoms with E-state index in [0.717, 1.165) is 39.5 Å². The third-order valence-electron chi connectivity index (χ3n) is 6.72. The van der Waals surface area contributed by atoms with Crippen LogP contribution in [0.15, 0.2) is 114 Å². The fraction of sp³-hybridized carbons (Fsp3) is 0.0323. The standard InChI is InChI=1S/C31H20O/c1-2-8-20(9-3-1)25-12-6-14-27-28-15-7-13-26(31(28)32-30(25)27)23-17-16-22-18-21-10-4-5-11-24(21)29(22)19-23/h1-17,19H,18H2. The van der Waals surface area contributed by atoms with E-state index in [2.05, 4.69) is 103 Å². The highest BCUT2D eigenvalue weighted by Gasteiger charge is 2.20. The summed E-state index contributed by atoms with van der Waals surface area (Å²) < 4.78 is 6.61. The number of hydrogen-bond donors (Lipinski definition) is 0. The molecule has 0 radical (unpaired) electrons. The SMILES string of the molecule is c1ccc(-c2cccc3c2oc2c(-c4ccc5c(c4)-c4ccccc4C5)cccc23)cc1. The van der Waals surface area contributed by atoms with Crippen molar-refractivity contribution < 1.29 is 4.42 Å². The molecule has 0 unspecified atom stereocenters. The van der Waals surface area contributed by atoms with Gasteiger partial charge in [0.15, 0.2) is 0 Å². The molecule has 150 valence electrons. The highest BCUT2D eigenvalue weighted by atomic mass is 16.3. The van der Waals surface area contributed by atoms with Crippen molar-refractivity contribution in [3.05, 3.63) is 120 Å². The second kappa shape index (κ2) is 6.70. The van der Waals surface area contributed by atoms with Gasteiger partial charge >= 0.3 is 0 Å². The smallest absolute Gasteiger partial charge is 0.143 e. The van der Waals surface area contributed by atoms with Crippen LogP contribution >= 0.6 is 0 Å². The van der Waals surface area contributed by atoms with E-state index in [0.29, 0.717) is 0 Å². The van der Waals surface area contributed by atoms with Crippen LogP contribution in [0.25, 0.3) is 55.3 Å². The van der Waals surface area contributed by atoms with Gasteiger partial charge < -0.3 is 4.42 Å². The maximum absolute atomic E-state index is 6.61. The first kappa shape index (κ1) is 17.6. The molecular weight excluding hydrogens is 388 g/mol. The Morgan fingerprint density at radius 1 is 0.438 bits per heavy atom. The maximum atomic E-state index is 6.61. The first-order chi connectivity index (χ1) is 15.9. The molecule has 0 saturated heterocycles. The van der Waals surface area contributed by atoms with Crippen molar-refractivity contribution >= 4 is 21.9 Å². The van der Waals surface area contributed by atoms with Crippen molar-refractivity contribution in [2.75, 3.05) is 0 Å². The van der Waals surface area contributed by atoms with E-state index in [4.69, 9.17) is 4.42 Å². The van der Waals surface area contributed by atoms with E-state index >= 15 is 0 Å². The van der Waals surface area contributed by atoms with E-state index in [1.165, 1.54) is 33.4 Å². The lowest BCUT2D eigenvalue weighted by atomic mass is 9.97. The van der Waals surface area contributed by atoms with E-state index in [-0.39, 0.29) is 0 Å². The van der Waals surface area contributed by atoms with Crippen molar-refractivity contribution in [3.8, 4) is 33.4 Å². The summed E-state index contributed by atoms with van der Waals surface area (Å²) in [5.74, 6) is 0. The van der Waals surface area contributed by atoms with E-state index in [1.54, 1.807) is 0 Å². The minimum atomic E-state index is 0.952. The van der Waals surface area contributed by atoms with E-state index in [9.17, 15) is 0 Å².